The van der Waals surface area contributed by atoms with E-state index in [-0.39, 0.29) is 0 Å². The van der Waals surface area contributed by atoms with Crippen molar-refractivity contribution in [1.82, 2.24) is 10.6 Å². The molecule has 0 fully saturated rings. The lowest BCUT2D eigenvalue weighted by molar-refractivity contribution is 0.854. The molecule has 76 valence electrons. The fourth-order valence-electron chi connectivity index (χ4n) is 1.11. The normalized spacial score (nSPS) is 9.57. The molecule has 0 saturated heterocycles. The number of rotatable bonds is 3. The van der Waals surface area contributed by atoms with Crippen LogP contribution >= 0.6 is 12.2 Å². The molecule has 0 spiro atoms. The number of hydrogen-bond donors (Lipinski definition) is 2. The number of thiocarbonyl (C=S) groups is 1. The predicted molar refractivity (Wildman–Crippen MR) is 64.3 cm³/mol. The van der Waals surface area contributed by atoms with Gasteiger partial charge in [0, 0.05) is 13.1 Å². The summed E-state index contributed by atoms with van der Waals surface area (Å²) >= 11 is 5.06. The van der Waals surface area contributed by atoms with Gasteiger partial charge in [0.25, 0.3) is 0 Å². The monoisotopic (exact) mass is 208 g/mol. The van der Waals surface area contributed by atoms with Gasteiger partial charge in [-0.2, -0.15) is 0 Å². The molecular weight excluding hydrogens is 192 g/mol. The Hall–Kier alpha value is -1.09. The molecule has 0 atom stereocenters. The summed E-state index contributed by atoms with van der Waals surface area (Å²) in [6.45, 7) is 5.76. The van der Waals surface area contributed by atoms with Crippen LogP contribution in [-0.4, -0.2) is 11.7 Å². The molecule has 1 rings (SSSR count). The highest BCUT2D eigenvalue weighted by atomic mass is 32.1. The van der Waals surface area contributed by atoms with E-state index in [1.165, 1.54) is 11.1 Å². The molecule has 0 aromatic heterocycles. The first-order valence-electron chi connectivity index (χ1n) is 4.79. The van der Waals surface area contributed by atoms with Crippen molar-refractivity contribution in [3.63, 3.8) is 0 Å². The van der Waals surface area contributed by atoms with Gasteiger partial charge in [-0.05, 0) is 31.6 Å². The Morgan fingerprint density at radius 2 is 1.86 bits per heavy atom. The maximum atomic E-state index is 5.06. The van der Waals surface area contributed by atoms with Crippen molar-refractivity contribution in [3.8, 4) is 0 Å². The van der Waals surface area contributed by atoms with Crippen molar-refractivity contribution in [2.24, 2.45) is 0 Å². The molecule has 0 heterocycles. The molecule has 0 amide bonds. The maximum Gasteiger partial charge on any atom is 0.166 e. The third-order valence-electron chi connectivity index (χ3n) is 1.91. The minimum absolute atomic E-state index is 0.716. The van der Waals surface area contributed by atoms with E-state index in [1.54, 1.807) is 0 Å². The third kappa shape index (κ3) is 3.75. The van der Waals surface area contributed by atoms with Crippen molar-refractivity contribution in [2.75, 3.05) is 6.54 Å². The van der Waals surface area contributed by atoms with Crippen LogP contribution in [-0.2, 0) is 6.54 Å². The highest BCUT2D eigenvalue weighted by molar-refractivity contribution is 7.80. The van der Waals surface area contributed by atoms with E-state index in [0.717, 1.165) is 13.1 Å². The standard InChI is InChI=1S/C11H16N2S/c1-3-12-11(14)13-8-10-6-4-9(2)5-7-10/h4-7H,3,8H2,1-2H3,(H2,12,13,14). The molecular formula is C11H16N2S. The van der Waals surface area contributed by atoms with E-state index in [0.29, 0.717) is 5.11 Å². The highest BCUT2D eigenvalue weighted by Crippen LogP contribution is 2.02. The zero-order valence-corrected chi connectivity index (χ0v) is 9.45. The summed E-state index contributed by atoms with van der Waals surface area (Å²) < 4.78 is 0. The van der Waals surface area contributed by atoms with Gasteiger partial charge in [0.1, 0.15) is 0 Å². The van der Waals surface area contributed by atoms with Crippen LogP contribution in [0, 0.1) is 6.92 Å². The Labute approximate surface area is 90.7 Å². The molecule has 0 aliphatic heterocycles. The van der Waals surface area contributed by atoms with E-state index in [9.17, 15) is 0 Å². The van der Waals surface area contributed by atoms with E-state index >= 15 is 0 Å². The Balaban J connectivity index is 2.38. The van der Waals surface area contributed by atoms with Crippen molar-refractivity contribution in [1.29, 1.82) is 0 Å². The summed E-state index contributed by atoms with van der Waals surface area (Å²) in [5.41, 5.74) is 2.53. The van der Waals surface area contributed by atoms with Gasteiger partial charge < -0.3 is 10.6 Å². The summed E-state index contributed by atoms with van der Waals surface area (Å²) in [6, 6.07) is 8.43. The van der Waals surface area contributed by atoms with Crippen LogP contribution in [0.4, 0.5) is 0 Å². The van der Waals surface area contributed by atoms with Gasteiger partial charge in [0.15, 0.2) is 5.11 Å². The van der Waals surface area contributed by atoms with Crippen molar-refractivity contribution in [3.05, 3.63) is 35.4 Å². The molecule has 14 heavy (non-hydrogen) atoms. The maximum absolute atomic E-state index is 5.06. The van der Waals surface area contributed by atoms with Gasteiger partial charge in [-0.3, -0.25) is 0 Å². The summed E-state index contributed by atoms with van der Waals surface area (Å²) in [6.07, 6.45) is 0. The lowest BCUT2D eigenvalue weighted by Crippen LogP contribution is -2.34. The molecule has 2 nitrogen and oxygen atoms in total. The zero-order chi connectivity index (χ0) is 10.4. The van der Waals surface area contributed by atoms with Crippen molar-refractivity contribution >= 4 is 17.3 Å². The SMILES string of the molecule is CCNC(=S)NCc1ccc(C)cc1. The van der Waals surface area contributed by atoms with Crippen LogP contribution in [0.25, 0.3) is 0 Å². The lowest BCUT2D eigenvalue weighted by Gasteiger charge is -2.08. The molecule has 3 heteroatoms. The van der Waals surface area contributed by atoms with E-state index < -0.39 is 0 Å². The number of nitrogens with one attached hydrogen (secondary N) is 2. The summed E-state index contributed by atoms with van der Waals surface area (Å²) in [5.74, 6) is 0. The summed E-state index contributed by atoms with van der Waals surface area (Å²) in [7, 11) is 0. The van der Waals surface area contributed by atoms with Crippen molar-refractivity contribution < 1.29 is 0 Å². The smallest absolute Gasteiger partial charge is 0.166 e. The van der Waals surface area contributed by atoms with Crippen LogP contribution in [0.1, 0.15) is 18.1 Å². The quantitative estimate of drug-likeness (QED) is 0.743. The Kier molecular flexibility index (Phi) is 4.40. The largest absolute Gasteiger partial charge is 0.363 e. The Bertz CT molecular complexity index is 293. The van der Waals surface area contributed by atoms with E-state index in [2.05, 4.69) is 41.8 Å². The molecule has 0 radical (unpaired) electrons. The number of hydrogen-bond acceptors (Lipinski definition) is 1. The minimum Gasteiger partial charge on any atom is -0.363 e. The molecule has 0 aliphatic rings. The first kappa shape index (κ1) is 11.0. The third-order valence-corrected chi connectivity index (χ3v) is 2.20. The van der Waals surface area contributed by atoms with Gasteiger partial charge in [0.2, 0.25) is 0 Å². The second-order valence-corrected chi connectivity index (χ2v) is 3.61. The summed E-state index contributed by atoms with van der Waals surface area (Å²) in [5, 5.41) is 6.90. The first-order chi connectivity index (χ1) is 6.72. The predicted octanol–water partition coefficient (Wildman–Crippen LogP) is 1.98. The van der Waals surface area contributed by atoms with Gasteiger partial charge in [-0.15, -0.1) is 0 Å². The average molecular weight is 208 g/mol. The lowest BCUT2D eigenvalue weighted by atomic mass is 10.1. The second-order valence-electron chi connectivity index (χ2n) is 3.20. The molecule has 0 aliphatic carbocycles. The van der Waals surface area contributed by atoms with Crippen LogP contribution in [0.3, 0.4) is 0 Å². The Morgan fingerprint density at radius 3 is 2.43 bits per heavy atom. The van der Waals surface area contributed by atoms with E-state index in [1.807, 2.05) is 6.92 Å². The molecule has 1 aromatic carbocycles. The minimum atomic E-state index is 0.716. The van der Waals surface area contributed by atoms with Gasteiger partial charge in [-0.25, -0.2) is 0 Å². The van der Waals surface area contributed by atoms with Crippen molar-refractivity contribution in [2.45, 2.75) is 20.4 Å². The first-order valence-corrected chi connectivity index (χ1v) is 5.20. The summed E-state index contributed by atoms with van der Waals surface area (Å²) in [4.78, 5) is 0. The fourth-order valence-corrected chi connectivity index (χ4v) is 1.33. The van der Waals surface area contributed by atoms with Crippen LogP contribution in [0.15, 0.2) is 24.3 Å². The number of benzene rings is 1. The molecule has 0 saturated carbocycles. The van der Waals surface area contributed by atoms with Crippen LogP contribution in [0.5, 0.6) is 0 Å². The van der Waals surface area contributed by atoms with E-state index in [4.69, 9.17) is 12.2 Å². The second kappa shape index (κ2) is 5.60. The van der Waals surface area contributed by atoms with Crippen LogP contribution < -0.4 is 10.6 Å². The number of aryl methyl sites for hydroxylation is 1. The molecule has 1 aromatic rings. The topological polar surface area (TPSA) is 24.1 Å². The zero-order valence-electron chi connectivity index (χ0n) is 8.63. The van der Waals surface area contributed by atoms with Crippen LogP contribution in [0.2, 0.25) is 0 Å². The average Bonchev–Trinajstić information content (AvgIpc) is 2.17. The molecule has 0 bridgehead atoms. The fraction of sp³-hybridized carbons (Fsp3) is 0.364. The molecule has 0 unspecified atom stereocenters. The Morgan fingerprint density at radius 1 is 1.21 bits per heavy atom. The van der Waals surface area contributed by atoms with Gasteiger partial charge >= 0.3 is 0 Å². The molecule has 2 N–H and O–H groups in total. The highest BCUT2D eigenvalue weighted by Gasteiger charge is 1.94. The van der Waals surface area contributed by atoms with Gasteiger partial charge in [0.05, 0.1) is 0 Å². The van der Waals surface area contributed by atoms with Gasteiger partial charge in [-0.1, -0.05) is 29.8 Å².